The second-order valence-corrected chi connectivity index (χ2v) is 4.23. The number of rotatable bonds is 8. The van der Waals surface area contributed by atoms with Crippen LogP contribution in [0.3, 0.4) is 0 Å². The summed E-state index contributed by atoms with van der Waals surface area (Å²) < 4.78 is 11.4. The zero-order chi connectivity index (χ0) is 13.4. The van der Waals surface area contributed by atoms with Crippen LogP contribution in [0.1, 0.15) is 24.0 Å². The largest absolute Gasteiger partial charge is 0.493 e. The summed E-state index contributed by atoms with van der Waals surface area (Å²) in [5, 5.41) is 0. The second kappa shape index (κ2) is 7.59. The standard InChI is InChI=1S/C16H22O2/c1-5-7-9-17-15-11-14(4)16(12-13(15)3)18-10-8-6-2/h5-6,11-12H,1-2,7-10H2,3-4H3. The van der Waals surface area contributed by atoms with E-state index in [1.54, 1.807) is 0 Å². The molecule has 98 valence electrons. The highest BCUT2D eigenvalue weighted by atomic mass is 16.5. The van der Waals surface area contributed by atoms with Gasteiger partial charge in [0.25, 0.3) is 0 Å². The molecule has 0 saturated carbocycles. The van der Waals surface area contributed by atoms with E-state index in [1.807, 2.05) is 38.1 Å². The van der Waals surface area contributed by atoms with Crippen molar-refractivity contribution >= 4 is 0 Å². The first kappa shape index (κ1) is 14.4. The average molecular weight is 246 g/mol. The Bertz CT molecular complexity index is 368. The Balaban J connectivity index is 2.70. The maximum absolute atomic E-state index is 5.70. The van der Waals surface area contributed by atoms with Crippen LogP contribution in [0.25, 0.3) is 0 Å². The van der Waals surface area contributed by atoms with Crippen molar-refractivity contribution in [3.05, 3.63) is 48.6 Å². The van der Waals surface area contributed by atoms with Crippen LogP contribution in [0.4, 0.5) is 0 Å². The summed E-state index contributed by atoms with van der Waals surface area (Å²) in [4.78, 5) is 0. The van der Waals surface area contributed by atoms with Gasteiger partial charge in [-0.15, -0.1) is 13.2 Å². The minimum absolute atomic E-state index is 0.667. The van der Waals surface area contributed by atoms with E-state index in [0.717, 1.165) is 35.5 Å². The van der Waals surface area contributed by atoms with E-state index in [4.69, 9.17) is 9.47 Å². The van der Waals surface area contributed by atoms with Gasteiger partial charge in [0, 0.05) is 0 Å². The molecule has 1 rings (SSSR count). The van der Waals surface area contributed by atoms with E-state index in [0.29, 0.717) is 13.2 Å². The lowest BCUT2D eigenvalue weighted by atomic mass is 10.1. The van der Waals surface area contributed by atoms with Crippen LogP contribution in [-0.4, -0.2) is 13.2 Å². The summed E-state index contributed by atoms with van der Waals surface area (Å²) in [7, 11) is 0. The lowest BCUT2D eigenvalue weighted by Crippen LogP contribution is -2.01. The number of aryl methyl sites for hydroxylation is 2. The molecule has 0 aromatic heterocycles. The molecule has 1 aromatic carbocycles. The molecular weight excluding hydrogens is 224 g/mol. The van der Waals surface area contributed by atoms with Crippen LogP contribution >= 0.6 is 0 Å². The van der Waals surface area contributed by atoms with Gasteiger partial charge in [0.05, 0.1) is 13.2 Å². The molecule has 0 aliphatic heterocycles. The van der Waals surface area contributed by atoms with Crippen LogP contribution < -0.4 is 9.47 Å². The van der Waals surface area contributed by atoms with E-state index in [1.165, 1.54) is 0 Å². The average Bonchev–Trinajstić information content (AvgIpc) is 2.35. The van der Waals surface area contributed by atoms with Crippen molar-refractivity contribution in [3.63, 3.8) is 0 Å². The van der Waals surface area contributed by atoms with E-state index in [-0.39, 0.29) is 0 Å². The zero-order valence-corrected chi connectivity index (χ0v) is 11.4. The van der Waals surface area contributed by atoms with Crippen molar-refractivity contribution in [3.8, 4) is 11.5 Å². The molecule has 0 fully saturated rings. The summed E-state index contributed by atoms with van der Waals surface area (Å²) in [6.07, 6.45) is 5.43. The van der Waals surface area contributed by atoms with Crippen LogP contribution in [-0.2, 0) is 0 Å². The Morgan fingerprint density at radius 2 is 1.28 bits per heavy atom. The lowest BCUT2D eigenvalue weighted by molar-refractivity contribution is 0.312. The summed E-state index contributed by atoms with van der Waals surface area (Å²) in [6, 6.07) is 4.06. The van der Waals surface area contributed by atoms with Gasteiger partial charge in [-0.1, -0.05) is 12.2 Å². The fourth-order valence-corrected chi connectivity index (χ4v) is 1.58. The van der Waals surface area contributed by atoms with E-state index in [9.17, 15) is 0 Å². The van der Waals surface area contributed by atoms with Gasteiger partial charge in [-0.2, -0.15) is 0 Å². The molecule has 0 N–H and O–H groups in total. The maximum Gasteiger partial charge on any atom is 0.122 e. The van der Waals surface area contributed by atoms with Crippen molar-refractivity contribution in [2.75, 3.05) is 13.2 Å². The third-order valence-corrected chi connectivity index (χ3v) is 2.63. The van der Waals surface area contributed by atoms with Gasteiger partial charge in [-0.3, -0.25) is 0 Å². The van der Waals surface area contributed by atoms with Gasteiger partial charge in [-0.25, -0.2) is 0 Å². The fraction of sp³-hybridized carbons (Fsp3) is 0.375. The van der Waals surface area contributed by atoms with Crippen LogP contribution in [0, 0.1) is 13.8 Å². The zero-order valence-electron chi connectivity index (χ0n) is 11.4. The first-order valence-corrected chi connectivity index (χ1v) is 6.27. The number of hydrogen-bond donors (Lipinski definition) is 0. The first-order chi connectivity index (χ1) is 8.69. The summed E-state index contributed by atoms with van der Waals surface area (Å²) >= 11 is 0. The number of hydrogen-bond acceptors (Lipinski definition) is 2. The monoisotopic (exact) mass is 246 g/mol. The fourth-order valence-electron chi connectivity index (χ4n) is 1.58. The molecule has 1 aromatic rings. The molecule has 0 bridgehead atoms. The van der Waals surface area contributed by atoms with Gasteiger partial charge in [0.2, 0.25) is 0 Å². The molecule has 0 saturated heterocycles. The third-order valence-electron chi connectivity index (χ3n) is 2.63. The topological polar surface area (TPSA) is 18.5 Å². The molecule has 0 heterocycles. The minimum atomic E-state index is 0.667. The van der Waals surface area contributed by atoms with Crippen molar-refractivity contribution in [2.24, 2.45) is 0 Å². The van der Waals surface area contributed by atoms with Crippen LogP contribution in [0.5, 0.6) is 11.5 Å². The Morgan fingerprint density at radius 3 is 1.61 bits per heavy atom. The maximum atomic E-state index is 5.70. The summed E-state index contributed by atoms with van der Waals surface area (Å²) in [6.45, 7) is 12.8. The van der Waals surface area contributed by atoms with E-state index < -0.39 is 0 Å². The highest BCUT2D eigenvalue weighted by Gasteiger charge is 2.06. The normalized spacial score (nSPS) is 9.89. The van der Waals surface area contributed by atoms with Gasteiger partial charge in [0.1, 0.15) is 11.5 Å². The van der Waals surface area contributed by atoms with Crippen LogP contribution in [0.15, 0.2) is 37.4 Å². The third kappa shape index (κ3) is 4.28. The van der Waals surface area contributed by atoms with Crippen molar-refractivity contribution in [1.82, 2.24) is 0 Å². The molecule has 2 nitrogen and oxygen atoms in total. The smallest absolute Gasteiger partial charge is 0.122 e. The lowest BCUT2D eigenvalue weighted by Gasteiger charge is -2.13. The molecule has 0 aliphatic rings. The quantitative estimate of drug-likeness (QED) is 0.505. The Kier molecular flexibility index (Phi) is 6.06. The first-order valence-electron chi connectivity index (χ1n) is 6.27. The molecule has 0 atom stereocenters. The molecule has 18 heavy (non-hydrogen) atoms. The summed E-state index contributed by atoms with van der Waals surface area (Å²) in [5.41, 5.74) is 2.19. The minimum Gasteiger partial charge on any atom is -0.493 e. The van der Waals surface area contributed by atoms with Crippen molar-refractivity contribution < 1.29 is 9.47 Å². The predicted molar refractivity (Wildman–Crippen MR) is 76.5 cm³/mol. The Morgan fingerprint density at radius 1 is 0.889 bits per heavy atom. The summed E-state index contributed by atoms with van der Waals surface area (Å²) in [5.74, 6) is 1.84. The number of ether oxygens (including phenoxy) is 2. The highest BCUT2D eigenvalue weighted by molar-refractivity contribution is 5.45. The predicted octanol–water partition coefficient (Wildman–Crippen LogP) is 4.21. The van der Waals surface area contributed by atoms with Gasteiger partial charge in [-0.05, 0) is 49.9 Å². The van der Waals surface area contributed by atoms with Gasteiger partial charge < -0.3 is 9.47 Å². The molecule has 0 aliphatic carbocycles. The van der Waals surface area contributed by atoms with E-state index in [2.05, 4.69) is 13.2 Å². The van der Waals surface area contributed by atoms with E-state index >= 15 is 0 Å². The Hall–Kier alpha value is -1.70. The molecule has 2 heteroatoms. The molecule has 0 radical (unpaired) electrons. The molecule has 0 amide bonds. The van der Waals surface area contributed by atoms with Crippen molar-refractivity contribution in [2.45, 2.75) is 26.7 Å². The van der Waals surface area contributed by atoms with Crippen LogP contribution in [0.2, 0.25) is 0 Å². The van der Waals surface area contributed by atoms with Crippen molar-refractivity contribution in [1.29, 1.82) is 0 Å². The molecule has 0 spiro atoms. The molecular formula is C16H22O2. The number of benzene rings is 1. The second-order valence-electron chi connectivity index (χ2n) is 4.23. The van der Waals surface area contributed by atoms with Gasteiger partial charge >= 0.3 is 0 Å². The highest BCUT2D eigenvalue weighted by Crippen LogP contribution is 2.28. The van der Waals surface area contributed by atoms with Gasteiger partial charge in [0.15, 0.2) is 0 Å². The SMILES string of the molecule is C=CCCOc1cc(C)c(OCCC=C)cc1C. The Labute approximate surface area is 110 Å². The molecule has 0 unspecified atom stereocenters.